The summed E-state index contributed by atoms with van der Waals surface area (Å²) in [5, 5.41) is 0. The van der Waals surface area contributed by atoms with Crippen LogP contribution in [0.2, 0.25) is 0 Å². The lowest BCUT2D eigenvalue weighted by Gasteiger charge is -2.07. The number of nitrogens with one attached hydrogen (secondary N) is 1. The quantitative estimate of drug-likeness (QED) is 0.809. The van der Waals surface area contributed by atoms with Gasteiger partial charge < -0.3 is 10.2 Å². The third-order valence-electron chi connectivity index (χ3n) is 3.24. The van der Waals surface area contributed by atoms with Crippen molar-refractivity contribution in [3.63, 3.8) is 0 Å². The van der Waals surface area contributed by atoms with Crippen molar-refractivity contribution < 1.29 is 22.4 Å². The lowest BCUT2D eigenvalue weighted by Crippen LogP contribution is -2.19. The summed E-state index contributed by atoms with van der Waals surface area (Å²) in [7, 11) is -3.98. The van der Waals surface area contributed by atoms with E-state index < -0.39 is 21.7 Å². The Labute approximate surface area is 133 Å². The molecule has 0 unspecified atom stereocenters. The fraction of sp³-hybridized carbons (Fsp3) is 0.200. The van der Waals surface area contributed by atoms with Gasteiger partial charge in [0.1, 0.15) is 11.3 Å². The number of benzene rings is 1. The van der Waals surface area contributed by atoms with Gasteiger partial charge in [-0.1, -0.05) is 17.7 Å². The van der Waals surface area contributed by atoms with Crippen LogP contribution in [0.1, 0.15) is 39.0 Å². The highest BCUT2D eigenvalue weighted by atomic mass is 32.2. The molecular weight excluding hydrogens is 320 g/mol. The molecule has 122 valence electrons. The number of carbonyl (C=O) groups is 2. The van der Waals surface area contributed by atoms with E-state index in [2.05, 4.69) is 4.72 Å². The van der Waals surface area contributed by atoms with Crippen LogP contribution in [0, 0.1) is 13.8 Å². The third kappa shape index (κ3) is 3.26. The first kappa shape index (κ1) is 16.8. The molecule has 0 aliphatic rings. The number of amides is 1. The van der Waals surface area contributed by atoms with E-state index in [1.54, 1.807) is 12.1 Å². The van der Waals surface area contributed by atoms with Gasteiger partial charge in [-0.05, 0) is 32.9 Å². The van der Waals surface area contributed by atoms with Crippen molar-refractivity contribution in [2.45, 2.75) is 25.7 Å². The van der Waals surface area contributed by atoms with E-state index >= 15 is 0 Å². The summed E-state index contributed by atoms with van der Waals surface area (Å²) in [4.78, 5) is 23.2. The Kier molecular flexibility index (Phi) is 4.28. The average molecular weight is 336 g/mol. The number of aryl methyl sites for hydroxylation is 2. The number of sulfonamides is 1. The normalized spacial score (nSPS) is 11.3. The summed E-state index contributed by atoms with van der Waals surface area (Å²) in [6, 6.07) is 6.11. The van der Waals surface area contributed by atoms with Gasteiger partial charge in [0.2, 0.25) is 5.88 Å². The molecule has 1 aromatic heterocycles. The van der Waals surface area contributed by atoms with Crippen molar-refractivity contribution in [2.24, 2.45) is 5.73 Å². The molecule has 2 rings (SSSR count). The van der Waals surface area contributed by atoms with Crippen molar-refractivity contribution in [3.05, 3.63) is 46.7 Å². The van der Waals surface area contributed by atoms with Gasteiger partial charge in [-0.2, -0.15) is 0 Å². The molecule has 1 aromatic carbocycles. The highest BCUT2D eigenvalue weighted by molar-refractivity contribution is 7.92. The second kappa shape index (κ2) is 5.88. The molecule has 1 amide bonds. The van der Waals surface area contributed by atoms with Gasteiger partial charge in [-0.15, -0.1) is 0 Å². The minimum absolute atomic E-state index is 0.00283. The molecule has 0 fully saturated rings. The van der Waals surface area contributed by atoms with Gasteiger partial charge >= 0.3 is 0 Å². The van der Waals surface area contributed by atoms with Crippen LogP contribution in [0.15, 0.2) is 33.6 Å². The third-order valence-corrected chi connectivity index (χ3v) is 4.59. The van der Waals surface area contributed by atoms with Crippen LogP contribution in [0.5, 0.6) is 0 Å². The Balaban J connectivity index is 2.51. The zero-order valence-corrected chi connectivity index (χ0v) is 13.7. The van der Waals surface area contributed by atoms with Gasteiger partial charge in [0.15, 0.2) is 5.78 Å². The maximum absolute atomic E-state index is 12.4. The van der Waals surface area contributed by atoms with Crippen LogP contribution < -0.4 is 10.5 Å². The number of hydrogen-bond acceptors (Lipinski definition) is 5. The first-order chi connectivity index (χ1) is 10.6. The second-order valence-electron chi connectivity index (χ2n) is 5.08. The van der Waals surface area contributed by atoms with E-state index in [1.165, 1.54) is 26.0 Å². The topological polar surface area (TPSA) is 119 Å². The maximum Gasteiger partial charge on any atom is 0.264 e. The summed E-state index contributed by atoms with van der Waals surface area (Å²) in [6.07, 6.45) is 0. The van der Waals surface area contributed by atoms with Crippen molar-refractivity contribution in [3.8, 4) is 0 Å². The monoisotopic (exact) mass is 336 g/mol. The van der Waals surface area contributed by atoms with Gasteiger partial charge in [-0.3, -0.25) is 9.59 Å². The second-order valence-corrected chi connectivity index (χ2v) is 6.76. The summed E-state index contributed by atoms with van der Waals surface area (Å²) < 4.78 is 32.2. The number of carbonyl (C=O) groups excluding carboxylic acids is 2. The van der Waals surface area contributed by atoms with Crippen LogP contribution >= 0.6 is 0 Å². The fourth-order valence-corrected chi connectivity index (χ4v) is 3.17. The number of furan rings is 1. The number of rotatable bonds is 5. The predicted molar refractivity (Wildman–Crippen MR) is 84.0 cm³/mol. The maximum atomic E-state index is 12.4. The molecule has 8 heteroatoms. The summed E-state index contributed by atoms with van der Waals surface area (Å²) >= 11 is 0. The molecule has 3 N–H and O–H groups in total. The largest absolute Gasteiger partial charge is 0.443 e. The highest BCUT2D eigenvalue weighted by Crippen LogP contribution is 2.29. The van der Waals surface area contributed by atoms with Gasteiger partial charge in [0, 0.05) is 0 Å². The van der Waals surface area contributed by atoms with Crippen LogP contribution in [-0.2, 0) is 10.0 Å². The Hall–Kier alpha value is -2.61. The molecular formula is C15H16N2O5S. The minimum atomic E-state index is -3.98. The Bertz CT molecular complexity index is 879. The smallest absolute Gasteiger partial charge is 0.264 e. The van der Waals surface area contributed by atoms with Crippen LogP contribution in [0.3, 0.4) is 0 Å². The van der Waals surface area contributed by atoms with Crippen molar-refractivity contribution in [1.82, 2.24) is 0 Å². The van der Waals surface area contributed by atoms with E-state index in [0.29, 0.717) is 0 Å². The first-order valence-electron chi connectivity index (χ1n) is 6.67. The minimum Gasteiger partial charge on any atom is -0.443 e. The summed E-state index contributed by atoms with van der Waals surface area (Å²) in [6.45, 7) is 4.51. The van der Waals surface area contributed by atoms with E-state index in [9.17, 15) is 18.0 Å². The number of nitrogens with two attached hydrogens (primary N) is 1. The molecule has 0 aliphatic carbocycles. The first-order valence-corrected chi connectivity index (χ1v) is 8.15. The summed E-state index contributed by atoms with van der Waals surface area (Å²) in [5.41, 5.74) is 5.85. The summed E-state index contributed by atoms with van der Waals surface area (Å²) in [5.74, 6) is -1.64. The number of ketones is 1. The molecule has 1 heterocycles. The lowest BCUT2D eigenvalue weighted by molar-refractivity contribution is 0.0974. The molecule has 0 radical (unpaired) electrons. The number of primary amides is 1. The van der Waals surface area contributed by atoms with Gasteiger partial charge in [0.25, 0.3) is 15.9 Å². The number of anilines is 1. The van der Waals surface area contributed by atoms with Gasteiger partial charge in [0.05, 0.1) is 10.5 Å². The van der Waals surface area contributed by atoms with Crippen molar-refractivity contribution in [2.75, 3.05) is 4.72 Å². The van der Waals surface area contributed by atoms with Crippen LogP contribution in [-0.4, -0.2) is 20.1 Å². The molecule has 0 aliphatic heterocycles. The standard InChI is InChI=1S/C15H16N2O5S/c1-8-4-6-11(7-5-8)23(20,21)17-15-13(14(16)19)12(9(2)18)10(3)22-15/h4-7,17H,1-3H3,(H2,16,19). The van der Waals surface area contributed by atoms with Crippen molar-refractivity contribution >= 4 is 27.6 Å². The van der Waals surface area contributed by atoms with Crippen LogP contribution in [0.25, 0.3) is 0 Å². The Morgan fingerprint density at radius 3 is 2.13 bits per heavy atom. The molecule has 0 saturated heterocycles. The van der Waals surface area contributed by atoms with E-state index in [1.807, 2.05) is 6.92 Å². The molecule has 2 aromatic rings. The average Bonchev–Trinajstić information content (AvgIpc) is 2.75. The molecule has 23 heavy (non-hydrogen) atoms. The molecule has 0 atom stereocenters. The predicted octanol–water partition coefficient (Wildman–Crippen LogP) is 2.00. The Morgan fingerprint density at radius 1 is 1.09 bits per heavy atom. The number of Topliss-reactive ketones (excluding diaryl/α,β-unsaturated/α-hetero) is 1. The molecule has 0 saturated carbocycles. The highest BCUT2D eigenvalue weighted by Gasteiger charge is 2.28. The number of hydrogen-bond donors (Lipinski definition) is 2. The molecule has 0 bridgehead atoms. The van der Waals surface area contributed by atoms with E-state index in [4.69, 9.17) is 10.2 Å². The van der Waals surface area contributed by atoms with Gasteiger partial charge in [-0.25, -0.2) is 13.1 Å². The molecule has 0 spiro atoms. The zero-order valence-electron chi connectivity index (χ0n) is 12.8. The Morgan fingerprint density at radius 2 is 1.65 bits per heavy atom. The molecule has 7 nitrogen and oxygen atoms in total. The van der Waals surface area contributed by atoms with Crippen molar-refractivity contribution in [1.29, 1.82) is 0 Å². The SMILES string of the molecule is CC(=O)c1c(C)oc(NS(=O)(=O)c2ccc(C)cc2)c1C(N)=O. The lowest BCUT2D eigenvalue weighted by atomic mass is 10.1. The van der Waals surface area contributed by atoms with E-state index in [0.717, 1.165) is 5.56 Å². The van der Waals surface area contributed by atoms with E-state index in [-0.39, 0.29) is 27.7 Å². The van der Waals surface area contributed by atoms with Crippen LogP contribution in [0.4, 0.5) is 5.88 Å². The fourth-order valence-electron chi connectivity index (χ4n) is 2.17. The zero-order chi connectivity index (χ0) is 17.4.